The van der Waals surface area contributed by atoms with E-state index in [0.29, 0.717) is 0 Å². The zero-order chi connectivity index (χ0) is 15.0. The molecule has 2 aliphatic rings. The fourth-order valence-corrected chi connectivity index (χ4v) is 2.07. The van der Waals surface area contributed by atoms with Crippen molar-refractivity contribution < 1.29 is 31.9 Å². The number of hydrogen-bond acceptors (Lipinski definition) is 6. The lowest BCUT2D eigenvalue weighted by molar-refractivity contribution is -0.183. The molecule has 0 radical (unpaired) electrons. The molecule has 2 saturated heterocycles. The Kier molecular flexibility index (Phi) is 3.02. The van der Waals surface area contributed by atoms with E-state index >= 15 is 0 Å². The van der Waals surface area contributed by atoms with Gasteiger partial charge in [-0.3, -0.25) is 0 Å². The topological polar surface area (TPSA) is 77.4 Å². The predicted octanol–water partition coefficient (Wildman–Crippen LogP) is 0.0112. The Hall–Kier alpha value is -0.240. The fourth-order valence-electron chi connectivity index (χ4n) is 2.07. The van der Waals surface area contributed by atoms with Gasteiger partial charge in [0.1, 0.15) is 24.4 Å². The van der Waals surface area contributed by atoms with Crippen molar-refractivity contribution in [3.8, 4) is 0 Å². The number of aliphatic hydroxyl groups is 2. The molecule has 6 nitrogen and oxygen atoms in total. The van der Waals surface area contributed by atoms with Crippen LogP contribution in [0.1, 0.15) is 30.4 Å². The van der Waals surface area contributed by atoms with Gasteiger partial charge in [0, 0.05) is 2.74 Å². The van der Waals surface area contributed by atoms with Crippen molar-refractivity contribution in [3.05, 3.63) is 0 Å². The molecule has 6 heteroatoms. The number of aliphatic hydroxyl groups excluding tert-OH is 2. The summed E-state index contributed by atoms with van der Waals surface area (Å²) in [5.41, 5.74) is 0. The highest BCUT2D eigenvalue weighted by Crippen LogP contribution is 2.29. The highest BCUT2D eigenvalue weighted by atomic mass is 16.8. The molecule has 2 heterocycles. The molecule has 2 N–H and O–H groups in total. The first-order valence-corrected chi connectivity index (χ1v) is 5.91. The molecule has 2 rings (SSSR count). The maximum atomic E-state index is 10.1. The van der Waals surface area contributed by atoms with Gasteiger partial charge in [-0.1, -0.05) is 0 Å². The predicted molar refractivity (Wildman–Crippen MR) is 61.8 cm³/mol. The molecule has 18 heavy (non-hydrogen) atoms. The minimum atomic E-state index is -1.20. The van der Waals surface area contributed by atoms with Crippen LogP contribution < -0.4 is 0 Å². The lowest BCUT2D eigenvalue weighted by Gasteiger charge is -2.27. The summed E-state index contributed by atoms with van der Waals surface area (Å²) in [5.74, 6) is -2.10. The molecule has 0 aromatic carbocycles. The zero-order valence-electron chi connectivity index (χ0n) is 12.7. The van der Waals surface area contributed by atoms with Crippen LogP contribution >= 0.6 is 0 Å². The van der Waals surface area contributed by atoms with Crippen molar-refractivity contribution in [1.82, 2.24) is 0 Å². The lowest BCUT2D eigenvalue weighted by atomic mass is 10.0. The van der Waals surface area contributed by atoms with Crippen molar-refractivity contribution >= 4 is 0 Å². The van der Waals surface area contributed by atoms with Crippen LogP contribution in [0.2, 0.25) is 0 Å². The Morgan fingerprint density at radius 1 is 1.00 bits per heavy atom. The Morgan fingerprint density at radius 3 is 1.67 bits per heavy atom. The molecule has 0 aromatic heterocycles. The van der Waals surface area contributed by atoms with E-state index in [2.05, 4.69) is 0 Å². The molecule has 2 unspecified atom stereocenters. The van der Waals surface area contributed by atoms with Crippen LogP contribution in [0.5, 0.6) is 0 Å². The van der Waals surface area contributed by atoms with E-state index in [1.54, 1.807) is 13.8 Å². The highest BCUT2D eigenvalue weighted by Gasteiger charge is 2.45. The molecule has 106 valence electrons. The third kappa shape index (κ3) is 3.01. The summed E-state index contributed by atoms with van der Waals surface area (Å²) < 4.78 is 36.2. The highest BCUT2D eigenvalue weighted by molar-refractivity contribution is 4.88. The van der Waals surface area contributed by atoms with Gasteiger partial charge in [-0.2, -0.15) is 0 Å². The van der Waals surface area contributed by atoms with E-state index in [4.69, 9.17) is 21.7 Å². The standard InChI is InChI=1S/C12H22O6/c1-11(2)15-5-7(17-11)9(13)10(14)8-6-16-12(3,4)18-8/h7-10,13-14H,5-6H2,1-4H3/t7-,8-,9-,10-/m1/s1/i1D,3D/t7-,8-,9-,10-,11?,12?. The van der Waals surface area contributed by atoms with Gasteiger partial charge in [-0.25, -0.2) is 0 Å². The first-order chi connectivity index (χ1) is 9.32. The second-order valence-corrected chi connectivity index (χ2v) is 5.18. The number of hydrogen-bond donors (Lipinski definition) is 2. The van der Waals surface area contributed by atoms with Crippen LogP contribution in [0.25, 0.3) is 0 Å². The van der Waals surface area contributed by atoms with Crippen LogP contribution in [0.4, 0.5) is 0 Å². The van der Waals surface area contributed by atoms with E-state index in [0.717, 1.165) is 0 Å². The lowest BCUT2D eigenvalue weighted by Crippen LogP contribution is -2.47. The summed E-state index contributed by atoms with van der Waals surface area (Å²) in [6.45, 7) is 3.27. The van der Waals surface area contributed by atoms with Gasteiger partial charge in [-0.15, -0.1) is 0 Å². The van der Waals surface area contributed by atoms with E-state index in [9.17, 15) is 10.2 Å². The average molecular weight is 264 g/mol. The second-order valence-electron chi connectivity index (χ2n) is 5.18. The van der Waals surface area contributed by atoms with Crippen molar-refractivity contribution in [2.45, 2.75) is 63.6 Å². The van der Waals surface area contributed by atoms with Gasteiger partial charge in [0.15, 0.2) is 11.6 Å². The van der Waals surface area contributed by atoms with Crippen molar-refractivity contribution in [1.29, 1.82) is 0 Å². The third-order valence-electron chi connectivity index (χ3n) is 3.02. The van der Waals surface area contributed by atoms with Gasteiger partial charge in [0.05, 0.1) is 13.2 Å². The Balaban J connectivity index is 1.92. The minimum absolute atomic E-state index is 0.0910. The maximum absolute atomic E-state index is 10.1. The molecule has 0 saturated carbocycles. The largest absolute Gasteiger partial charge is 0.387 e. The molecule has 0 aliphatic carbocycles. The maximum Gasteiger partial charge on any atom is 0.163 e. The second kappa shape index (κ2) is 4.70. The number of ether oxygens (including phenoxy) is 4. The summed E-state index contributed by atoms with van der Waals surface area (Å²) in [6.07, 6.45) is -3.84. The van der Waals surface area contributed by atoms with Crippen LogP contribution in [-0.2, 0) is 18.9 Å². The first-order valence-electron chi connectivity index (χ1n) is 7.32. The molecule has 2 fully saturated rings. The van der Waals surface area contributed by atoms with Crippen molar-refractivity contribution in [2.24, 2.45) is 0 Å². The minimum Gasteiger partial charge on any atom is -0.387 e. The SMILES string of the molecule is [2H]CC1(C)OC[C@H]([C@@H](O)[C@H](O)[C@H]2COC(C)(C[2H])O2)O1. The smallest absolute Gasteiger partial charge is 0.163 e. The summed E-state index contributed by atoms with van der Waals surface area (Å²) >= 11 is 0. The summed E-state index contributed by atoms with van der Waals surface area (Å²) in [7, 11) is 0. The van der Waals surface area contributed by atoms with Crippen LogP contribution in [-0.4, -0.2) is 59.4 Å². The first kappa shape index (κ1) is 11.6. The van der Waals surface area contributed by atoms with Gasteiger partial charge in [0.25, 0.3) is 0 Å². The molecule has 0 spiro atoms. The van der Waals surface area contributed by atoms with E-state index in [1.165, 1.54) is 0 Å². The van der Waals surface area contributed by atoms with Crippen LogP contribution in [0.3, 0.4) is 0 Å². The fraction of sp³-hybridized carbons (Fsp3) is 1.00. The van der Waals surface area contributed by atoms with E-state index < -0.39 is 36.0 Å². The van der Waals surface area contributed by atoms with Crippen molar-refractivity contribution in [2.75, 3.05) is 13.2 Å². The summed E-state index contributed by atoms with van der Waals surface area (Å²) in [5, 5.41) is 20.3. The Morgan fingerprint density at radius 2 is 1.39 bits per heavy atom. The van der Waals surface area contributed by atoms with Crippen LogP contribution in [0, 0.1) is 0 Å². The molecule has 2 aliphatic heterocycles. The third-order valence-corrected chi connectivity index (χ3v) is 3.02. The zero-order valence-corrected chi connectivity index (χ0v) is 10.7. The molecule has 0 amide bonds. The number of rotatable bonds is 3. The average Bonchev–Trinajstić information content (AvgIpc) is 3.03. The van der Waals surface area contributed by atoms with Gasteiger partial charge >= 0.3 is 0 Å². The van der Waals surface area contributed by atoms with E-state index in [1.807, 2.05) is 0 Å². The quantitative estimate of drug-likeness (QED) is 0.748. The molecular weight excluding hydrogens is 240 g/mol. The molecule has 0 aromatic rings. The Bertz CT molecular complexity index is 314. The van der Waals surface area contributed by atoms with Crippen LogP contribution in [0.15, 0.2) is 0 Å². The van der Waals surface area contributed by atoms with Gasteiger partial charge < -0.3 is 29.2 Å². The Labute approximate surface area is 110 Å². The summed E-state index contributed by atoms with van der Waals surface area (Å²) in [6, 6.07) is 0. The monoisotopic (exact) mass is 264 g/mol. The van der Waals surface area contributed by atoms with Gasteiger partial charge in [0.2, 0.25) is 0 Å². The molecule has 0 bridgehead atoms. The normalized spacial score (nSPS) is 49.8. The van der Waals surface area contributed by atoms with Crippen molar-refractivity contribution in [3.63, 3.8) is 0 Å². The summed E-state index contributed by atoms with van der Waals surface area (Å²) in [4.78, 5) is 0. The van der Waals surface area contributed by atoms with E-state index in [-0.39, 0.29) is 27.0 Å². The molecule has 6 atom stereocenters. The molecular formula is C12H22O6. The van der Waals surface area contributed by atoms with Gasteiger partial charge in [-0.05, 0) is 27.6 Å².